The first-order chi connectivity index (χ1) is 10.7. The van der Waals surface area contributed by atoms with Crippen molar-refractivity contribution in [1.82, 2.24) is 5.32 Å². The second kappa shape index (κ2) is 5.96. The first-order valence-electron chi connectivity index (χ1n) is 8.11. The largest absolute Gasteiger partial charge is 0.482 e. The molecule has 3 nitrogen and oxygen atoms in total. The first-order valence-corrected chi connectivity index (χ1v) is 9.28. The van der Waals surface area contributed by atoms with Gasteiger partial charge in [0.05, 0.1) is 5.02 Å². The lowest BCUT2D eigenvalue weighted by molar-refractivity contribution is -0.124. The third kappa shape index (κ3) is 2.89. The number of fused-ring (bicyclic) bond motifs is 2. The van der Waals surface area contributed by atoms with Gasteiger partial charge in [0.25, 0.3) is 5.91 Å². The van der Waals surface area contributed by atoms with E-state index in [1.165, 1.54) is 12.8 Å². The molecule has 0 aliphatic heterocycles. The summed E-state index contributed by atoms with van der Waals surface area (Å²) in [6, 6.07) is 5.61. The van der Waals surface area contributed by atoms with E-state index in [9.17, 15) is 4.79 Å². The Morgan fingerprint density at radius 2 is 2.17 bits per heavy atom. The number of hydrogen-bond donors (Lipinski definition) is 1. The Morgan fingerprint density at radius 1 is 1.43 bits per heavy atom. The van der Waals surface area contributed by atoms with E-state index in [1.807, 2.05) is 6.07 Å². The average Bonchev–Trinajstić information content (AvgIpc) is 2.79. The Morgan fingerprint density at radius 3 is 2.74 bits per heavy atom. The van der Waals surface area contributed by atoms with E-state index in [2.05, 4.69) is 42.0 Å². The van der Waals surface area contributed by atoms with Crippen molar-refractivity contribution in [3.8, 4) is 5.75 Å². The predicted molar refractivity (Wildman–Crippen MR) is 95.8 cm³/mol. The Labute approximate surface area is 151 Å². The molecule has 3 atom stereocenters. The Bertz CT molecular complexity index is 633. The number of halogens is 2. The molecule has 5 heteroatoms. The van der Waals surface area contributed by atoms with Gasteiger partial charge in [-0.3, -0.25) is 4.79 Å². The zero-order valence-corrected chi connectivity index (χ0v) is 16.1. The number of hydrogen-bond acceptors (Lipinski definition) is 2. The van der Waals surface area contributed by atoms with E-state index in [1.54, 1.807) is 12.1 Å². The van der Waals surface area contributed by atoms with Gasteiger partial charge in [0, 0.05) is 10.5 Å². The van der Waals surface area contributed by atoms with Crippen molar-refractivity contribution in [2.45, 2.75) is 46.1 Å². The number of amides is 1. The molecule has 0 aromatic heterocycles. The number of carbonyl (C=O) groups is 1. The van der Waals surface area contributed by atoms with Crippen LogP contribution in [-0.4, -0.2) is 18.6 Å². The molecule has 1 aromatic rings. The molecule has 2 bridgehead atoms. The van der Waals surface area contributed by atoms with Crippen LogP contribution in [0.3, 0.4) is 0 Å². The van der Waals surface area contributed by atoms with Gasteiger partial charge in [-0.05, 0) is 54.2 Å². The summed E-state index contributed by atoms with van der Waals surface area (Å²) in [6.45, 7) is 7.00. The average molecular weight is 401 g/mol. The highest BCUT2D eigenvalue weighted by Gasteiger charge is 2.61. The molecule has 2 aliphatic rings. The lowest BCUT2D eigenvalue weighted by Gasteiger charge is -2.39. The lowest BCUT2D eigenvalue weighted by Crippen LogP contribution is -2.48. The summed E-state index contributed by atoms with van der Waals surface area (Å²) < 4.78 is 6.45. The van der Waals surface area contributed by atoms with E-state index in [0.29, 0.717) is 22.1 Å². The summed E-state index contributed by atoms with van der Waals surface area (Å²) in [4.78, 5) is 12.3. The number of nitrogens with one attached hydrogen (secondary N) is 1. The van der Waals surface area contributed by atoms with Crippen LogP contribution >= 0.6 is 27.5 Å². The number of ether oxygens (including phenoxy) is 1. The molecule has 0 unspecified atom stereocenters. The maximum Gasteiger partial charge on any atom is 0.258 e. The zero-order chi connectivity index (χ0) is 16.8. The van der Waals surface area contributed by atoms with E-state index in [0.717, 1.165) is 10.9 Å². The molecule has 1 amide bonds. The van der Waals surface area contributed by atoms with Gasteiger partial charge in [0.15, 0.2) is 6.61 Å². The summed E-state index contributed by atoms with van der Waals surface area (Å²) >= 11 is 9.46. The van der Waals surface area contributed by atoms with Crippen molar-refractivity contribution in [1.29, 1.82) is 0 Å². The van der Waals surface area contributed by atoms with E-state index in [4.69, 9.17) is 16.3 Å². The third-order valence-electron chi connectivity index (χ3n) is 6.38. The minimum Gasteiger partial charge on any atom is -0.482 e. The molecule has 0 radical (unpaired) electrons. The molecule has 3 rings (SSSR count). The molecule has 1 aromatic carbocycles. The van der Waals surface area contributed by atoms with Crippen LogP contribution in [0.1, 0.15) is 40.0 Å². The molecule has 126 valence electrons. The van der Waals surface area contributed by atoms with Gasteiger partial charge in [-0.2, -0.15) is 0 Å². The Hall–Kier alpha value is -0.740. The topological polar surface area (TPSA) is 38.3 Å². The zero-order valence-electron chi connectivity index (χ0n) is 13.8. The second-order valence-electron chi connectivity index (χ2n) is 7.59. The normalized spacial score (nSPS) is 31.2. The van der Waals surface area contributed by atoms with Gasteiger partial charge < -0.3 is 10.1 Å². The highest BCUT2D eigenvalue weighted by Crippen LogP contribution is 2.65. The van der Waals surface area contributed by atoms with Crippen molar-refractivity contribution in [2.75, 3.05) is 6.61 Å². The molecular formula is C18H23BrClNO2. The molecule has 1 N–H and O–H groups in total. The van der Waals surface area contributed by atoms with Gasteiger partial charge >= 0.3 is 0 Å². The van der Waals surface area contributed by atoms with E-state index < -0.39 is 0 Å². The number of benzene rings is 1. The quantitative estimate of drug-likeness (QED) is 0.787. The van der Waals surface area contributed by atoms with Crippen LogP contribution < -0.4 is 10.1 Å². The molecule has 0 heterocycles. The second-order valence-corrected chi connectivity index (χ2v) is 8.92. The van der Waals surface area contributed by atoms with E-state index in [-0.39, 0.29) is 24.0 Å². The SMILES string of the molecule is CC1(C)[C@@H]2CC[C@]1(C)[C@H](NC(=O)COc1ccc(Br)cc1Cl)C2. The standard InChI is InChI=1S/C18H23BrClNO2/c1-17(2)11-6-7-18(17,3)15(8-11)21-16(22)10-23-14-5-4-12(19)9-13(14)20/h4-5,9,11,15H,6-8,10H2,1-3H3,(H,21,22)/t11-,15-,18-/m1/s1. The van der Waals surface area contributed by atoms with Crippen LogP contribution in [0.2, 0.25) is 5.02 Å². The molecule has 23 heavy (non-hydrogen) atoms. The van der Waals surface area contributed by atoms with Crippen molar-refractivity contribution < 1.29 is 9.53 Å². The number of rotatable bonds is 4. The van der Waals surface area contributed by atoms with Crippen LogP contribution in [0.25, 0.3) is 0 Å². The minimum atomic E-state index is -0.0708. The first kappa shape index (κ1) is 17.1. The summed E-state index contributed by atoms with van der Waals surface area (Å²) in [5.74, 6) is 1.17. The maximum absolute atomic E-state index is 12.3. The minimum absolute atomic E-state index is 0.000965. The lowest BCUT2D eigenvalue weighted by atomic mass is 9.69. The number of carbonyl (C=O) groups excluding carboxylic acids is 1. The van der Waals surface area contributed by atoms with Crippen LogP contribution in [0, 0.1) is 16.7 Å². The molecule has 2 fully saturated rings. The summed E-state index contributed by atoms with van der Waals surface area (Å²) in [6.07, 6.45) is 3.55. The van der Waals surface area contributed by atoms with Crippen molar-refractivity contribution >= 4 is 33.4 Å². The third-order valence-corrected chi connectivity index (χ3v) is 7.17. The van der Waals surface area contributed by atoms with Crippen LogP contribution in [0.4, 0.5) is 0 Å². The van der Waals surface area contributed by atoms with Gasteiger partial charge in [-0.15, -0.1) is 0 Å². The summed E-state index contributed by atoms with van der Waals surface area (Å²) in [7, 11) is 0. The van der Waals surface area contributed by atoms with Gasteiger partial charge in [-0.1, -0.05) is 48.3 Å². The van der Waals surface area contributed by atoms with Gasteiger partial charge in [0.1, 0.15) is 5.75 Å². The molecule has 0 spiro atoms. The highest BCUT2D eigenvalue weighted by atomic mass is 79.9. The highest BCUT2D eigenvalue weighted by molar-refractivity contribution is 9.10. The molecule has 0 saturated heterocycles. The molecule has 2 aliphatic carbocycles. The van der Waals surface area contributed by atoms with Crippen molar-refractivity contribution in [3.63, 3.8) is 0 Å². The maximum atomic E-state index is 12.3. The summed E-state index contributed by atoms with van der Waals surface area (Å²) in [5.41, 5.74) is 0.476. The van der Waals surface area contributed by atoms with Gasteiger partial charge in [0.2, 0.25) is 0 Å². The fourth-order valence-electron chi connectivity index (χ4n) is 4.39. The van der Waals surface area contributed by atoms with E-state index >= 15 is 0 Å². The molecule has 2 saturated carbocycles. The smallest absolute Gasteiger partial charge is 0.258 e. The fraction of sp³-hybridized carbons (Fsp3) is 0.611. The van der Waals surface area contributed by atoms with Crippen LogP contribution in [-0.2, 0) is 4.79 Å². The van der Waals surface area contributed by atoms with Crippen LogP contribution in [0.5, 0.6) is 5.75 Å². The Kier molecular flexibility index (Phi) is 4.43. The Balaban J connectivity index is 1.58. The fourth-order valence-corrected chi connectivity index (χ4v) is 5.12. The van der Waals surface area contributed by atoms with Crippen LogP contribution in [0.15, 0.2) is 22.7 Å². The van der Waals surface area contributed by atoms with Gasteiger partial charge in [-0.25, -0.2) is 0 Å². The van der Waals surface area contributed by atoms with Crippen molar-refractivity contribution in [3.05, 3.63) is 27.7 Å². The van der Waals surface area contributed by atoms with Crippen molar-refractivity contribution in [2.24, 2.45) is 16.7 Å². The summed E-state index contributed by atoms with van der Waals surface area (Å²) in [5, 5.41) is 3.69. The predicted octanol–water partition coefficient (Wildman–Crippen LogP) is 4.81. The molecular weight excluding hydrogens is 378 g/mol. The monoisotopic (exact) mass is 399 g/mol.